The molecule has 3 rings (SSSR count). The van der Waals surface area contributed by atoms with Crippen LogP contribution < -0.4 is 19.7 Å². The minimum absolute atomic E-state index is 0.0470. The van der Waals surface area contributed by atoms with Crippen molar-refractivity contribution in [1.82, 2.24) is 5.43 Å². The third-order valence-corrected chi connectivity index (χ3v) is 6.26. The van der Waals surface area contributed by atoms with E-state index in [0.29, 0.717) is 21.3 Å². The van der Waals surface area contributed by atoms with Crippen LogP contribution in [-0.2, 0) is 10.1 Å². The van der Waals surface area contributed by atoms with Gasteiger partial charge in [-0.25, -0.2) is 0 Å². The van der Waals surface area contributed by atoms with Crippen molar-refractivity contribution < 1.29 is 17.3 Å². The number of nitrogens with zero attached hydrogens (tertiary/aromatic N) is 1. The Hall–Kier alpha value is -2.85. The number of hydrogen-bond donors (Lipinski definition) is 2. The molecule has 2 N–H and O–H groups in total. The van der Waals surface area contributed by atoms with Crippen LogP contribution in [0.4, 0.5) is 5.69 Å². The third kappa shape index (κ3) is 6.82. The van der Waals surface area contributed by atoms with Crippen molar-refractivity contribution in [1.29, 1.82) is 0 Å². The van der Waals surface area contributed by atoms with Gasteiger partial charge in [-0.15, -0.1) is 0 Å². The SMILES string of the molecule is COc1cc(C=NNC(=S)Nc2cc(Cl)ccc2Cl)ccc1OS(=O)(=O)c1ccc(C)cc1. The maximum absolute atomic E-state index is 12.6. The van der Waals surface area contributed by atoms with Gasteiger partial charge in [0.15, 0.2) is 16.6 Å². The van der Waals surface area contributed by atoms with Crippen LogP contribution in [0.2, 0.25) is 10.0 Å². The van der Waals surface area contributed by atoms with Gasteiger partial charge in [-0.3, -0.25) is 5.43 Å². The van der Waals surface area contributed by atoms with Crippen LogP contribution in [0, 0.1) is 6.92 Å². The number of anilines is 1. The zero-order valence-corrected chi connectivity index (χ0v) is 20.6. The first-order valence-electron chi connectivity index (χ1n) is 9.42. The quantitative estimate of drug-likeness (QED) is 0.185. The maximum Gasteiger partial charge on any atom is 0.339 e. The molecule has 3 aromatic rings. The topological polar surface area (TPSA) is 89.0 Å². The van der Waals surface area contributed by atoms with Gasteiger partial charge in [-0.2, -0.15) is 13.5 Å². The van der Waals surface area contributed by atoms with Gasteiger partial charge >= 0.3 is 10.1 Å². The zero-order chi connectivity index (χ0) is 24.0. The third-order valence-electron chi connectivity index (χ3n) is 4.25. The molecule has 0 saturated heterocycles. The summed E-state index contributed by atoms with van der Waals surface area (Å²) in [5, 5.41) is 8.11. The maximum atomic E-state index is 12.6. The number of rotatable bonds is 7. The van der Waals surface area contributed by atoms with Crippen LogP contribution in [0.3, 0.4) is 0 Å². The summed E-state index contributed by atoms with van der Waals surface area (Å²) in [6, 6.07) is 16.0. The van der Waals surface area contributed by atoms with E-state index in [1.54, 1.807) is 42.5 Å². The molecule has 33 heavy (non-hydrogen) atoms. The summed E-state index contributed by atoms with van der Waals surface area (Å²) in [6.45, 7) is 1.87. The van der Waals surface area contributed by atoms with Crippen LogP contribution in [0.25, 0.3) is 0 Å². The molecular formula is C22H19Cl2N3O4S2. The van der Waals surface area contributed by atoms with E-state index in [2.05, 4.69) is 15.8 Å². The second-order valence-electron chi connectivity index (χ2n) is 6.71. The molecule has 0 atom stereocenters. The lowest BCUT2D eigenvalue weighted by Crippen LogP contribution is -2.24. The van der Waals surface area contributed by atoms with Crippen LogP contribution >= 0.6 is 35.4 Å². The zero-order valence-electron chi connectivity index (χ0n) is 17.5. The first kappa shape index (κ1) is 24.8. The van der Waals surface area contributed by atoms with E-state index >= 15 is 0 Å². The number of benzene rings is 3. The van der Waals surface area contributed by atoms with Crippen molar-refractivity contribution >= 4 is 62.6 Å². The largest absolute Gasteiger partial charge is 0.493 e. The number of ether oxygens (including phenoxy) is 1. The normalized spacial score (nSPS) is 11.3. The summed E-state index contributed by atoms with van der Waals surface area (Å²) < 4.78 is 35.7. The summed E-state index contributed by atoms with van der Waals surface area (Å²) >= 11 is 17.2. The van der Waals surface area contributed by atoms with E-state index in [0.717, 1.165) is 5.56 Å². The molecule has 0 aliphatic rings. The molecule has 3 aromatic carbocycles. The van der Waals surface area contributed by atoms with Gasteiger partial charge in [0, 0.05) is 5.02 Å². The Morgan fingerprint density at radius 2 is 1.76 bits per heavy atom. The summed E-state index contributed by atoms with van der Waals surface area (Å²) in [7, 11) is -2.60. The monoisotopic (exact) mass is 523 g/mol. The van der Waals surface area contributed by atoms with Gasteiger partial charge in [0.25, 0.3) is 0 Å². The van der Waals surface area contributed by atoms with Gasteiger partial charge in [-0.05, 0) is 73.2 Å². The average Bonchev–Trinajstić information content (AvgIpc) is 2.77. The van der Waals surface area contributed by atoms with E-state index in [1.165, 1.54) is 31.5 Å². The molecule has 11 heteroatoms. The fraction of sp³-hybridized carbons (Fsp3) is 0.0909. The Morgan fingerprint density at radius 1 is 1.03 bits per heavy atom. The number of methoxy groups -OCH3 is 1. The van der Waals surface area contributed by atoms with Crippen molar-refractivity contribution in [2.45, 2.75) is 11.8 Å². The van der Waals surface area contributed by atoms with Crippen LogP contribution in [0.15, 0.2) is 70.7 Å². The average molecular weight is 524 g/mol. The highest BCUT2D eigenvalue weighted by atomic mass is 35.5. The first-order valence-corrected chi connectivity index (χ1v) is 12.0. The van der Waals surface area contributed by atoms with Crippen LogP contribution in [0.5, 0.6) is 11.5 Å². The first-order chi connectivity index (χ1) is 15.7. The number of hydrazone groups is 1. The molecule has 0 amide bonds. The molecule has 172 valence electrons. The number of thiocarbonyl (C=S) groups is 1. The van der Waals surface area contributed by atoms with E-state index in [4.69, 9.17) is 44.3 Å². The molecular weight excluding hydrogens is 505 g/mol. The van der Waals surface area contributed by atoms with Crippen molar-refractivity contribution in [3.05, 3.63) is 81.8 Å². The summed E-state index contributed by atoms with van der Waals surface area (Å²) in [5.41, 5.74) is 4.75. The predicted molar refractivity (Wildman–Crippen MR) is 135 cm³/mol. The van der Waals surface area contributed by atoms with Gasteiger partial charge in [0.1, 0.15) is 4.90 Å². The lowest BCUT2D eigenvalue weighted by Gasteiger charge is -2.11. The summed E-state index contributed by atoms with van der Waals surface area (Å²) in [5.74, 6) is 0.275. The highest BCUT2D eigenvalue weighted by molar-refractivity contribution is 7.87. The van der Waals surface area contributed by atoms with Crippen molar-refractivity contribution in [3.8, 4) is 11.5 Å². The second kappa shape index (κ2) is 10.8. The molecule has 7 nitrogen and oxygen atoms in total. The van der Waals surface area contributed by atoms with Crippen molar-refractivity contribution in [3.63, 3.8) is 0 Å². The van der Waals surface area contributed by atoms with Gasteiger partial charge in [-0.1, -0.05) is 40.9 Å². The minimum Gasteiger partial charge on any atom is -0.493 e. The number of aryl methyl sites for hydroxylation is 1. The number of nitrogens with one attached hydrogen (secondary N) is 2. The van der Waals surface area contributed by atoms with E-state index in [-0.39, 0.29) is 21.5 Å². The second-order valence-corrected chi connectivity index (χ2v) is 9.51. The Kier molecular flexibility index (Phi) is 8.15. The smallest absolute Gasteiger partial charge is 0.339 e. The fourth-order valence-corrected chi connectivity index (χ4v) is 4.05. The van der Waals surface area contributed by atoms with E-state index in [1.807, 2.05) is 6.92 Å². The number of hydrogen-bond acceptors (Lipinski definition) is 6. The van der Waals surface area contributed by atoms with Crippen molar-refractivity contribution in [2.24, 2.45) is 5.10 Å². The molecule has 0 aromatic heterocycles. The van der Waals surface area contributed by atoms with Crippen LogP contribution in [0.1, 0.15) is 11.1 Å². The molecule has 0 radical (unpaired) electrons. The Bertz CT molecular complexity index is 1300. The molecule has 0 aliphatic carbocycles. The molecule has 0 spiro atoms. The van der Waals surface area contributed by atoms with Gasteiger partial charge in [0.05, 0.1) is 24.0 Å². The number of halogens is 2. The summed E-state index contributed by atoms with van der Waals surface area (Å²) in [4.78, 5) is 0.0470. The molecule has 0 fully saturated rings. The van der Waals surface area contributed by atoms with E-state index in [9.17, 15) is 8.42 Å². The Morgan fingerprint density at radius 3 is 2.45 bits per heavy atom. The standard InChI is InChI=1S/C22H19Cl2N3O4S2/c1-14-3-7-17(8-4-14)33(28,29)31-20-10-5-15(11-21(20)30-2)13-25-27-22(32)26-19-12-16(23)6-9-18(19)24/h3-13H,1-2H3,(H2,26,27,32). The minimum atomic E-state index is -4.01. The highest BCUT2D eigenvalue weighted by Gasteiger charge is 2.19. The Balaban J connectivity index is 1.67. The molecule has 0 bridgehead atoms. The lowest BCUT2D eigenvalue weighted by atomic mass is 10.2. The predicted octanol–water partition coefficient (Wildman–Crippen LogP) is 5.40. The molecule has 0 heterocycles. The van der Waals surface area contributed by atoms with Crippen LogP contribution in [-0.4, -0.2) is 26.9 Å². The fourth-order valence-electron chi connectivity index (χ4n) is 2.61. The summed E-state index contributed by atoms with van der Waals surface area (Å²) in [6.07, 6.45) is 1.48. The van der Waals surface area contributed by atoms with Gasteiger partial charge in [0.2, 0.25) is 0 Å². The molecule has 0 unspecified atom stereocenters. The van der Waals surface area contributed by atoms with Gasteiger partial charge < -0.3 is 14.2 Å². The van der Waals surface area contributed by atoms with Crippen molar-refractivity contribution in [2.75, 3.05) is 12.4 Å². The van der Waals surface area contributed by atoms with E-state index < -0.39 is 10.1 Å². The molecule has 0 aliphatic heterocycles. The lowest BCUT2D eigenvalue weighted by molar-refractivity contribution is 0.390. The highest BCUT2D eigenvalue weighted by Crippen LogP contribution is 2.30. The molecule has 0 saturated carbocycles. The Labute approximate surface area is 207 Å².